The maximum atomic E-state index is 12.1. The van der Waals surface area contributed by atoms with Crippen LogP contribution in [0, 0.1) is 11.3 Å². The Morgan fingerprint density at radius 3 is 2.62 bits per heavy atom. The summed E-state index contributed by atoms with van der Waals surface area (Å²) in [5, 5.41) is 8.67. The highest BCUT2D eigenvalue weighted by molar-refractivity contribution is 9.10. The lowest BCUT2D eigenvalue weighted by Crippen LogP contribution is -2.07. The first-order valence-corrected chi connectivity index (χ1v) is 4.94. The number of carbonyl (C=O) groups excluding carboxylic acids is 1. The molecule has 84 valence electrons. The van der Waals surface area contributed by atoms with E-state index in [9.17, 15) is 13.6 Å². The summed E-state index contributed by atoms with van der Waals surface area (Å²) in [5.41, 5.74) is 0.143. The predicted octanol–water partition coefficient (Wildman–Crippen LogP) is 3.12. The molecule has 0 bridgehead atoms. The van der Waals surface area contributed by atoms with Crippen molar-refractivity contribution >= 4 is 21.7 Å². The van der Waals surface area contributed by atoms with Crippen LogP contribution in [0.1, 0.15) is 22.8 Å². The molecule has 3 nitrogen and oxygen atoms in total. The molecule has 1 aromatic rings. The van der Waals surface area contributed by atoms with Gasteiger partial charge >= 0.3 is 6.61 Å². The van der Waals surface area contributed by atoms with E-state index in [4.69, 9.17) is 5.26 Å². The van der Waals surface area contributed by atoms with Crippen molar-refractivity contribution in [2.45, 2.75) is 13.5 Å². The van der Waals surface area contributed by atoms with Crippen molar-refractivity contribution in [3.05, 3.63) is 27.7 Å². The van der Waals surface area contributed by atoms with Gasteiger partial charge < -0.3 is 4.74 Å². The lowest BCUT2D eigenvalue weighted by Gasteiger charge is -2.11. The van der Waals surface area contributed by atoms with E-state index < -0.39 is 12.4 Å². The molecule has 0 spiro atoms. The molecular weight excluding hydrogens is 284 g/mol. The van der Waals surface area contributed by atoms with E-state index in [2.05, 4.69) is 20.7 Å². The van der Waals surface area contributed by atoms with Gasteiger partial charge in [-0.3, -0.25) is 4.79 Å². The average Bonchev–Trinajstić information content (AvgIpc) is 2.19. The first kappa shape index (κ1) is 12.6. The summed E-state index contributed by atoms with van der Waals surface area (Å²) < 4.78 is 28.6. The van der Waals surface area contributed by atoms with Crippen molar-refractivity contribution in [2.24, 2.45) is 0 Å². The van der Waals surface area contributed by atoms with Crippen molar-refractivity contribution in [3.63, 3.8) is 0 Å². The second-order valence-electron chi connectivity index (χ2n) is 2.88. The number of nitrogens with zero attached hydrogens (tertiary/aromatic N) is 1. The Bertz CT molecular complexity index is 469. The van der Waals surface area contributed by atoms with E-state index in [0.29, 0.717) is 0 Å². The minimum atomic E-state index is -3.03. The van der Waals surface area contributed by atoms with E-state index in [0.717, 1.165) is 0 Å². The van der Waals surface area contributed by atoms with E-state index >= 15 is 0 Å². The monoisotopic (exact) mass is 289 g/mol. The number of nitriles is 1. The van der Waals surface area contributed by atoms with Gasteiger partial charge in [0.15, 0.2) is 11.5 Å². The predicted molar refractivity (Wildman–Crippen MR) is 55.5 cm³/mol. The second kappa shape index (κ2) is 5.03. The van der Waals surface area contributed by atoms with Gasteiger partial charge in [0.2, 0.25) is 0 Å². The highest BCUT2D eigenvalue weighted by Crippen LogP contribution is 2.32. The van der Waals surface area contributed by atoms with Gasteiger partial charge in [-0.15, -0.1) is 0 Å². The molecule has 0 aliphatic carbocycles. The largest absolute Gasteiger partial charge is 0.433 e. The fraction of sp³-hybridized carbons (Fsp3) is 0.200. The minimum absolute atomic E-state index is 0.0498. The number of ketones is 1. The van der Waals surface area contributed by atoms with Crippen molar-refractivity contribution in [2.75, 3.05) is 0 Å². The minimum Gasteiger partial charge on any atom is -0.433 e. The molecule has 6 heteroatoms. The molecule has 16 heavy (non-hydrogen) atoms. The number of Topliss-reactive ketones (excluding diaryl/α,β-unsaturated/α-hetero) is 1. The van der Waals surface area contributed by atoms with E-state index in [1.807, 2.05) is 6.07 Å². The molecule has 0 aliphatic rings. The van der Waals surface area contributed by atoms with Gasteiger partial charge in [-0.25, -0.2) is 0 Å². The number of rotatable bonds is 3. The molecule has 0 fully saturated rings. The number of ether oxygens (including phenoxy) is 1. The Kier molecular flexibility index (Phi) is 3.96. The molecule has 0 aliphatic heterocycles. The summed E-state index contributed by atoms with van der Waals surface area (Å²) in [6, 6.07) is 4.34. The van der Waals surface area contributed by atoms with Crippen molar-refractivity contribution < 1.29 is 18.3 Å². The SMILES string of the molecule is CC(=O)c1cc(C#N)cc(Br)c1OC(F)F. The summed E-state index contributed by atoms with van der Waals surface area (Å²) in [6.45, 7) is -1.82. The van der Waals surface area contributed by atoms with Gasteiger partial charge in [-0.2, -0.15) is 14.0 Å². The molecule has 0 heterocycles. The van der Waals surface area contributed by atoms with Crippen LogP contribution in [0.15, 0.2) is 16.6 Å². The number of benzene rings is 1. The zero-order valence-electron chi connectivity index (χ0n) is 8.13. The summed E-state index contributed by atoms with van der Waals surface area (Å²) in [6.07, 6.45) is 0. The average molecular weight is 290 g/mol. The Morgan fingerprint density at radius 2 is 2.19 bits per heavy atom. The van der Waals surface area contributed by atoms with Gasteiger partial charge in [-0.05, 0) is 35.0 Å². The molecule has 0 radical (unpaired) electrons. The van der Waals surface area contributed by atoms with Crippen molar-refractivity contribution in [1.82, 2.24) is 0 Å². The number of hydrogen-bond donors (Lipinski definition) is 0. The van der Waals surface area contributed by atoms with Crippen molar-refractivity contribution in [3.8, 4) is 11.8 Å². The zero-order valence-corrected chi connectivity index (χ0v) is 9.72. The van der Waals surface area contributed by atoms with Gasteiger partial charge in [0.25, 0.3) is 0 Å². The number of alkyl halides is 2. The maximum Gasteiger partial charge on any atom is 0.387 e. The number of halogens is 3. The Balaban J connectivity index is 3.35. The maximum absolute atomic E-state index is 12.1. The van der Waals surface area contributed by atoms with Crippen LogP contribution < -0.4 is 4.74 Å². The molecule has 1 rings (SSSR count). The quantitative estimate of drug-likeness (QED) is 0.804. The first-order valence-electron chi connectivity index (χ1n) is 4.15. The fourth-order valence-electron chi connectivity index (χ4n) is 1.13. The van der Waals surface area contributed by atoms with Gasteiger partial charge in [0.05, 0.1) is 21.7 Å². The van der Waals surface area contributed by atoms with Gasteiger partial charge in [0.1, 0.15) is 0 Å². The molecule has 0 unspecified atom stereocenters. The van der Waals surface area contributed by atoms with Crippen LogP contribution in [-0.4, -0.2) is 12.4 Å². The van der Waals surface area contributed by atoms with Crippen LogP contribution in [-0.2, 0) is 0 Å². The number of hydrogen-bond acceptors (Lipinski definition) is 3. The summed E-state index contributed by atoms with van der Waals surface area (Å²) >= 11 is 2.97. The molecule has 0 N–H and O–H groups in total. The standard InChI is InChI=1S/C10H6BrF2NO2/c1-5(15)7-2-6(4-14)3-8(11)9(7)16-10(12)13/h2-3,10H,1H3. The smallest absolute Gasteiger partial charge is 0.387 e. The third-order valence-corrected chi connectivity index (χ3v) is 2.35. The topological polar surface area (TPSA) is 50.1 Å². The van der Waals surface area contributed by atoms with E-state index in [-0.39, 0.29) is 21.3 Å². The first-order chi connectivity index (χ1) is 7.45. The van der Waals surface area contributed by atoms with Gasteiger partial charge in [0, 0.05) is 0 Å². The van der Waals surface area contributed by atoms with Crippen LogP contribution in [0.25, 0.3) is 0 Å². The normalized spacial score (nSPS) is 10.0. The third kappa shape index (κ3) is 2.76. The van der Waals surface area contributed by atoms with Crippen molar-refractivity contribution in [1.29, 1.82) is 5.26 Å². The lowest BCUT2D eigenvalue weighted by molar-refractivity contribution is -0.0506. The molecule has 0 saturated heterocycles. The Labute approximate surface area is 98.8 Å². The molecular formula is C10H6BrF2NO2. The van der Waals surface area contributed by atoms with E-state index in [1.54, 1.807) is 0 Å². The van der Waals surface area contributed by atoms with Crippen LogP contribution in [0.5, 0.6) is 5.75 Å². The third-order valence-electron chi connectivity index (χ3n) is 1.76. The fourth-order valence-corrected chi connectivity index (χ4v) is 1.68. The number of carbonyl (C=O) groups is 1. The Hall–Kier alpha value is -1.48. The second-order valence-corrected chi connectivity index (χ2v) is 3.74. The van der Waals surface area contributed by atoms with Crippen LogP contribution in [0.4, 0.5) is 8.78 Å². The van der Waals surface area contributed by atoms with Crippen LogP contribution >= 0.6 is 15.9 Å². The Morgan fingerprint density at radius 1 is 1.56 bits per heavy atom. The summed E-state index contributed by atoms with van der Waals surface area (Å²) in [4.78, 5) is 11.2. The molecule has 0 aromatic heterocycles. The lowest BCUT2D eigenvalue weighted by atomic mass is 10.1. The van der Waals surface area contributed by atoms with Gasteiger partial charge in [-0.1, -0.05) is 0 Å². The highest BCUT2D eigenvalue weighted by atomic mass is 79.9. The summed E-state index contributed by atoms with van der Waals surface area (Å²) in [5.74, 6) is -0.699. The van der Waals surface area contributed by atoms with E-state index in [1.165, 1.54) is 19.1 Å². The molecule has 1 aromatic carbocycles. The molecule has 0 saturated carbocycles. The molecule has 0 amide bonds. The molecule has 0 atom stereocenters. The highest BCUT2D eigenvalue weighted by Gasteiger charge is 2.17. The summed E-state index contributed by atoms with van der Waals surface area (Å²) in [7, 11) is 0. The van der Waals surface area contributed by atoms with Crippen LogP contribution in [0.2, 0.25) is 0 Å². The zero-order chi connectivity index (χ0) is 12.3. The van der Waals surface area contributed by atoms with Crippen LogP contribution in [0.3, 0.4) is 0 Å².